The van der Waals surface area contributed by atoms with E-state index in [2.05, 4.69) is 17.2 Å². The lowest BCUT2D eigenvalue weighted by molar-refractivity contribution is 0.322. The molecule has 0 aliphatic rings. The maximum absolute atomic E-state index is 13.9. The molecule has 0 amide bonds. The molecule has 0 atom stereocenters. The fourth-order valence-electron chi connectivity index (χ4n) is 2.41. The van der Waals surface area contributed by atoms with Crippen LogP contribution in [0.15, 0.2) is 12.1 Å². The van der Waals surface area contributed by atoms with Gasteiger partial charge in [0, 0.05) is 29.9 Å². The molecule has 0 saturated carbocycles. The Hall–Kier alpha value is -1.84. The second-order valence-electron chi connectivity index (χ2n) is 4.39. The molecule has 0 spiro atoms. The summed E-state index contributed by atoms with van der Waals surface area (Å²) in [6.07, 6.45) is 0.881. The van der Waals surface area contributed by atoms with Gasteiger partial charge in [-0.05, 0) is 31.9 Å². The van der Waals surface area contributed by atoms with Crippen LogP contribution in [-0.4, -0.2) is 18.6 Å². The number of aryl methyl sites for hydroxylation is 1. The van der Waals surface area contributed by atoms with Gasteiger partial charge in [0.05, 0.1) is 12.1 Å². The minimum absolute atomic E-state index is 0.277. The molecule has 1 aromatic heterocycles. The van der Waals surface area contributed by atoms with Crippen molar-refractivity contribution in [1.82, 2.24) is 4.98 Å². The first kappa shape index (κ1) is 13.6. The highest BCUT2D eigenvalue weighted by atomic mass is 19.1. The van der Waals surface area contributed by atoms with Crippen molar-refractivity contribution in [3.8, 4) is 5.75 Å². The zero-order valence-electron chi connectivity index (χ0n) is 11.8. The van der Waals surface area contributed by atoms with Gasteiger partial charge in [-0.1, -0.05) is 6.92 Å². The summed E-state index contributed by atoms with van der Waals surface area (Å²) in [7, 11) is 1.87. The van der Waals surface area contributed by atoms with Gasteiger partial charge in [-0.25, -0.2) is 4.39 Å². The van der Waals surface area contributed by atoms with E-state index < -0.39 is 0 Å². The van der Waals surface area contributed by atoms with Crippen LogP contribution in [0.3, 0.4) is 0 Å². The summed E-state index contributed by atoms with van der Waals surface area (Å²) in [5.74, 6) is -0.0910. The normalized spacial score (nSPS) is 10.8. The van der Waals surface area contributed by atoms with Crippen LogP contribution in [0.4, 0.5) is 10.1 Å². The first-order valence-corrected chi connectivity index (χ1v) is 6.55. The first-order valence-electron chi connectivity index (χ1n) is 6.55. The molecule has 0 bridgehead atoms. The number of hydrogen-bond acceptors (Lipinski definition) is 3. The summed E-state index contributed by atoms with van der Waals surface area (Å²) in [4.78, 5) is 4.48. The molecule has 2 aromatic rings. The van der Waals surface area contributed by atoms with E-state index >= 15 is 0 Å². The summed E-state index contributed by atoms with van der Waals surface area (Å²) in [6, 6.07) is 3.17. The minimum Gasteiger partial charge on any atom is -0.491 e. The van der Waals surface area contributed by atoms with Gasteiger partial charge >= 0.3 is 0 Å². The molecule has 0 fully saturated rings. The predicted octanol–water partition coefficient (Wildman–Crippen LogP) is 3.69. The maximum Gasteiger partial charge on any atom is 0.167 e. The standard InChI is InChI=1S/C15H19FN2O/c1-5-10-9(3)18-13-8-12(16)14(19-6-2)7-11(13)15(10)17-4/h7-8H,5-6H2,1-4H3,(H,17,18). The Morgan fingerprint density at radius 2 is 2.05 bits per heavy atom. The average Bonchev–Trinajstić information content (AvgIpc) is 2.39. The quantitative estimate of drug-likeness (QED) is 0.912. The van der Waals surface area contributed by atoms with Crippen LogP contribution in [0.25, 0.3) is 10.9 Å². The second-order valence-corrected chi connectivity index (χ2v) is 4.39. The topological polar surface area (TPSA) is 34.1 Å². The highest BCUT2D eigenvalue weighted by Crippen LogP contribution is 2.32. The monoisotopic (exact) mass is 262 g/mol. The Bertz CT molecular complexity index is 611. The van der Waals surface area contributed by atoms with E-state index in [9.17, 15) is 4.39 Å². The van der Waals surface area contributed by atoms with Crippen LogP contribution in [0.5, 0.6) is 5.75 Å². The van der Waals surface area contributed by atoms with Gasteiger partial charge in [-0.2, -0.15) is 0 Å². The molecule has 19 heavy (non-hydrogen) atoms. The Balaban J connectivity index is 2.77. The van der Waals surface area contributed by atoms with Crippen LogP contribution in [0, 0.1) is 12.7 Å². The molecule has 1 aromatic carbocycles. The molecule has 0 unspecified atom stereocenters. The Kier molecular flexibility index (Phi) is 3.88. The minimum atomic E-state index is -0.368. The SMILES string of the molecule is CCOc1cc2c(NC)c(CC)c(C)nc2cc1F. The fourth-order valence-corrected chi connectivity index (χ4v) is 2.41. The number of nitrogens with one attached hydrogen (secondary N) is 1. The number of hydrogen-bond donors (Lipinski definition) is 1. The van der Waals surface area contributed by atoms with Crippen molar-refractivity contribution < 1.29 is 9.13 Å². The van der Waals surface area contributed by atoms with Crippen molar-refractivity contribution in [3.63, 3.8) is 0 Å². The fraction of sp³-hybridized carbons (Fsp3) is 0.400. The van der Waals surface area contributed by atoms with Gasteiger partial charge < -0.3 is 10.1 Å². The van der Waals surface area contributed by atoms with Gasteiger partial charge in [0.15, 0.2) is 11.6 Å². The second kappa shape index (κ2) is 5.43. The van der Waals surface area contributed by atoms with Crippen molar-refractivity contribution in [1.29, 1.82) is 0 Å². The van der Waals surface area contributed by atoms with E-state index in [0.29, 0.717) is 12.1 Å². The molecule has 0 aliphatic carbocycles. The summed E-state index contributed by atoms with van der Waals surface area (Å²) < 4.78 is 19.2. The largest absolute Gasteiger partial charge is 0.491 e. The number of rotatable bonds is 4. The van der Waals surface area contributed by atoms with E-state index in [0.717, 1.165) is 28.8 Å². The van der Waals surface area contributed by atoms with Crippen molar-refractivity contribution in [2.24, 2.45) is 0 Å². The summed E-state index contributed by atoms with van der Waals surface area (Å²) in [5.41, 5.74) is 3.75. The highest BCUT2D eigenvalue weighted by Gasteiger charge is 2.14. The number of fused-ring (bicyclic) bond motifs is 1. The van der Waals surface area contributed by atoms with E-state index in [-0.39, 0.29) is 11.6 Å². The van der Waals surface area contributed by atoms with Crippen molar-refractivity contribution in [3.05, 3.63) is 29.2 Å². The van der Waals surface area contributed by atoms with Crippen LogP contribution in [0.2, 0.25) is 0 Å². The van der Waals surface area contributed by atoms with Gasteiger partial charge in [0.2, 0.25) is 0 Å². The highest BCUT2D eigenvalue weighted by molar-refractivity contribution is 5.94. The maximum atomic E-state index is 13.9. The number of nitrogens with zero attached hydrogens (tertiary/aromatic N) is 1. The van der Waals surface area contributed by atoms with Gasteiger partial charge in [0.1, 0.15) is 0 Å². The van der Waals surface area contributed by atoms with Gasteiger partial charge in [0.25, 0.3) is 0 Å². The third-order valence-electron chi connectivity index (χ3n) is 3.25. The molecule has 4 heteroatoms. The smallest absolute Gasteiger partial charge is 0.167 e. The average molecular weight is 262 g/mol. The number of ether oxygens (including phenoxy) is 1. The van der Waals surface area contributed by atoms with E-state index in [1.807, 2.05) is 20.9 Å². The molecule has 102 valence electrons. The third kappa shape index (κ3) is 2.35. The molecular formula is C15H19FN2O. The number of pyridine rings is 1. The third-order valence-corrected chi connectivity index (χ3v) is 3.25. The van der Waals surface area contributed by atoms with Crippen LogP contribution >= 0.6 is 0 Å². The lowest BCUT2D eigenvalue weighted by atomic mass is 10.0. The number of halogens is 1. The van der Waals surface area contributed by atoms with Crippen molar-refractivity contribution >= 4 is 16.6 Å². The molecule has 2 rings (SSSR count). The Labute approximate surface area is 112 Å². The lowest BCUT2D eigenvalue weighted by Gasteiger charge is -2.15. The van der Waals surface area contributed by atoms with Crippen molar-refractivity contribution in [2.45, 2.75) is 27.2 Å². The summed E-state index contributed by atoms with van der Waals surface area (Å²) in [6.45, 7) is 6.32. The number of aromatic nitrogens is 1. The van der Waals surface area contributed by atoms with E-state index in [1.165, 1.54) is 6.07 Å². The number of anilines is 1. The zero-order chi connectivity index (χ0) is 14.0. The lowest BCUT2D eigenvalue weighted by Crippen LogP contribution is -2.03. The zero-order valence-corrected chi connectivity index (χ0v) is 11.8. The molecule has 1 heterocycles. The van der Waals surface area contributed by atoms with Gasteiger partial charge in [-0.15, -0.1) is 0 Å². The molecule has 3 nitrogen and oxygen atoms in total. The van der Waals surface area contributed by atoms with Crippen molar-refractivity contribution in [2.75, 3.05) is 19.0 Å². The molecule has 0 radical (unpaired) electrons. The molecule has 0 saturated heterocycles. The Morgan fingerprint density at radius 3 is 2.63 bits per heavy atom. The van der Waals surface area contributed by atoms with E-state index in [4.69, 9.17) is 4.74 Å². The summed E-state index contributed by atoms with van der Waals surface area (Å²) in [5, 5.41) is 4.10. The Morgan fingerprint density at radius 1 is 1.32 bits per heavy atom. The molecule has 0 aliphatic heterocycles. The van der Waals surface area contributed by atoms with Crippen LogP contribution in [0.1, 0.15) is 25.1 Å². The van der Waals surface area contributed by atoms with Crippen LogP contribution < -0.4 is 10.1 Å². The molecule has 1 N–H and O–H groups in total. The summed E-state index contributed by atoms with van der Waals surface area (Å²) >= 11 is 0. The first-order chi connectivity index (χ1) is 9.12. The predicted molar refractivity (Wildman–Crippen MR) is 76.5 cm³/mol. The number of benzene rings is 1. The van der Waals surface area contributed by atoms with E-state index in [1.54, 1.807) is 6.07 Å². The molecular weight excluding hydrogens is 243 g/mol. The van der Waals surface area contributed by atoms with Crippen LogP contribution in [-0.2, 0) is 6.42 Å². The van der Waals surface area contributed by atoms with Gasteiger partial charge in [-0.3, -0.25) is 4.98 Å².